The van der Waals surface area contributed by atoms with E-state index in [0.29, 0.717) is 6.54 Å². The van der Waals surface area contributed by atoms with E-state index in [1.807, 2.05) is 95.3 Å². The Kier molecular flexibility index (Phi) is 8.27. The van der Waals surface area contributed by atoms with Crippen LogP contribution in [0.1, 0.15) is 62.3 Å². The second kappa shape index (κ2) is 11.1. The van der Waals surface area contributed by atoms with E-state index in [2.05, 4.69) is 29.6 Å². The molecule has 178 valence electrons. The molecule has 0 aliphatic rings. The first kappa shape index (κ1) is 25.2. The van der Waals surface area contributed by atoms with Gasteiger partial charge in [-0.1, -0.05) is 90.5 Å². The van der Waals surface area contributed by atoms with Crippen molar-refractivity contribution >= 4 is 11.8 Å². The van der Waals surface area contributed by atoms with Crippen molar-refractivity contribution in [2.24, 2.45) is 0 Å². The van der Waals surface area contributed by atoms with Crippen molar-refractivity contribution < 1.29 is 9.59 Å². The van der Waals surface area contributed by atoms with Crippen molar-refractivity contribution in [3.8, 4) is 0 Å². The van der Waals surface area contributed by atoms with Gasteiger partial charge in [0.2, 0.25) is 11.8 Å². The number of carbonyl (C=O) groups excluding carboxylic acids is 2. The topological polar surface area (TPSA) is 49.4 Å². The molecule has 3 aromatic rings. The van der Waals surface area contributed by atoms with Crippen molar-refractivity contribution in [1.29, 1.82) is 0 Å². The van der Waals surface area contributed by atoms with Gasteiger partial charge in [0, 0.05) is 24.4 Å². The number of carbonyl (C=O) groups is 2. The predicted molar refractivity (Wildman–Crippen MR) is 138 cm³/mol. The third-order valence-corrected chi connectivity index (χ3v) is 5.92. The summed E-state index contributed by atoms with van der Waals surface area (Å²) in [5.41, 5.74) is 3.97. The van der Waals surface area contributed by atoms with E-state index in [9.17, 15) is 9.59 Å². The average molecular weight is 457 g/mol. The first-order chi connectivity index (χ1) is 16.1. The van der Waals surface area contributed by atoms with Gasteiger partial charge in [0.05, 0.1) is 0 Å². The summed E-state index contributed by atoms with van der Waals surface area (Å²) in [6.07, 6.45) is 0.285. The maximum Gasteiger partial charge on any atom is 0.242 e. The van der Waals surface area contributed by atoms with Crippen LogP contribution in [0.3, 0.4) is 0 Å². The molecule has 0 aromatic heterocycles. The molecule has 0 radical (unpaired) electrons. The van der Waals surface area contributed by atoms with Gasteiger partial charge in [0.15, 0.2) is 0 Å². The molecule has 0 aliphatic heterocycles. The van der Waals surface area contributed by atoms with E-state index in [0.717, 1.165) is 22.3 Å². The van der Waals surface area contributed by atoms with Gasteiger partial charge in [0.1, 0.15) is 6.04 Å². The molecule has 0 aliphatic carbocycles. The Hall–Kier alpha value is -3.40. The molecular formula is C30H36N2O2. The molecule has 0 heterocycles. The number of benzene rings is 3. The minimum atomic E-state index is -0.597. The molecule has 3 rings (SSSR count). The molecule has 1 N–H and O–H groups in total. The van der Waals surface area contributed by atoms with E-state index in [1.165, 1.54) is 0 Å². The van der Waals surface area contributed by atoms with E-state index in [-0.39, 0.29) is 29.7 Å². The van der Waals surface area contributed by atoms with Gasteiger partial charge >= 0.3 is 0 Å². The molecule has 2 amide bonds. The van der Waals surface area contributed by atoms with Gasteiger partial charge in [0.25, 0.3) is 0 Å². The molecule has 0 unspecified atom stereocenters. The summed E-state index contributed by atoms with van der Waals surface area (Å²) in [6.45, 7) is 10.1. The van der Waals surface area contributed by atoms with Crippen LogP contribution in [0.25, 0.3) is 0 Å². The summed E-state index contributed by atoms with van der Waals surface area (Å²) >= 11 is 0. The number of nitrogens with zero attached hydrogens (tertiary/aromatic N) is 1. The Morgan fingerprint density at radius 1 is 0.824 bits per heavy atom. The lowest BCUT2D eigenvalue weighted by Gasteiger charge is -2.32. The number of hydrogen-bond acceptors (Lipinski definition) is 2. The Balaban J connectivity index is 1.92. The zero-order valence-electron chi connectivity index (χ0n) is 20.9. The molecule has 0 spiro atoms. The van der Waals surface area contributed by atoms with Crippen LogP contribution < -0.4 is 5.32 Å². The molecule has 34 heavy (non-hydrogen) atoms. The lowest BCUT2D eigenvalue weighted by molar-refractivity contribution is -0.141. The van der Waals surface area contributed by atoms with Crippen LogP contribution in [-0.2, 0) is 16.1 Å². The number of nitrogens with one attached hydrogen (secondary N) is 1. The highest BCUT2D eigenvalue weighted by Gasteiger charge is 2.30. The van der Waals surface area contributed by atoms with Crippen molar-refractivity contribution in [1.82, 2.24) is 10.2 Å². The Morgan fingerprint density at radius 3 is 1.79 bits per heavy atom. The molecule has 0 saturated carbocycles. The van der Waals surface area contributed by atoms with Crippen molar-refractivity contribution in [2.75, 3.05) is 0 Å². The Labute approximate surface area is 204 Å². The fourth-order valence-corrected chi connectivity index (χ4v) is 4.04. The second-order valence-corrected chi connectivity index (χ2v) is 10.0. The first-order valence-electron chi connectivity index (χ1n) is 11.9. The smallest absolute Gasteiger partial charge is 0.242 e. The van der Waals surface area contributed by atoms with E-state index < -0.39 is 6.04 Å². The molecule has 3 aromatic carbocycles. The van der Waals surface area contributed by atoms with E-state index in [4.69, 9.17) is 0 Å². The van der Waals surface area contributed by atoms with Crippen molar-refractivity contribution in [3.63, 3.8) is 0 Å². The van der Waals surface area contributed by atoms with E-state index >= 15 is 0 Å². The minimum Gasteiger partial charge on any atom is -0.350 e. The third kappa shape index (κ3) is 7.05. The first-order valence-corrected chi connectivity index (χ1v) is 11.9. The van der Waals surface area contributed by atoms with Crippen molar-refractivity contribution in [2.45, 2.75) is 65.1 Å². The summed E-state index contributed by atoms with van der Waals surface area (Å²) in [6, 6.07) is 27.7. The number of hydrogen-bond donors (Lipinski definition) is 1. The van der Waals surface area contributed by atoms with Crippen LogP contribution in [0, 0.1) is 6.92 Å². The maximum absolute atomic E-state index is 13.8. The van der Waals surface area contributed by atoms with Gasteiger partial charge in [-0.3, -0.25) is 9.59 Å². The standard InChI is InChI=1S/C30H36N2O2/c1-22-16-18-24(19-17-22)21-32(23(2)29(34)31-30(3,4)5)28(33)20-27(25-12-8-6-9-13-25)26-14-10-7-11-15-26/h6-19,23,27H,20-21H2,1-5H3,(H,31,34)/t23-/m0/s1. The summed E-state index contributed by atoms with van der Waals surface area (Å²) < 4.78 is 0. The number of aryl methyl sites for hydroxylation is 1. The van der Waals surface area contributed by atoms with Crippen LogP contribution in [0.4, 0.5) is 0 Å². The van der Waals surface area contributed by atoms with Gasteiger partial charge in [-0.25, -0.2) is 0 Å². The molecule has 0 fully saturated rings. The molecule has 4 heteroatoms. The highest BCUT2D eigenvalue weighted by atomic mass is 16.2. The number of rotatable bonds is 8. The highest BCUT2D eigenvalue weighted by Crippen LogP contribution is 2.29. The highest BCUT2D eigenvalue weighted by molar-refractivity contribution is 5.88. The van der Waals surface area contributed by atoms with Gasteiger partial charge < -0.3 is 10.2 Å². The van der Waals surface area contributed by atoms with Crippen LogP contribution in [0.2, 0.25) is 0 Å². The van der Waals surface area contributed by atoms with Crippen molar-refractivity contribution in [3.05, 3.63) is 107 Å². The fraction of sp³-hybridized carbons (Fsp3) is 0.333. The predicted octanol–water partition coefficient (Wildman–Crippen LogP) is 5.85. The van der Waals surface area contributed by atoms with E-state index in [1.54, 1.807) is 4.90 Å². The molecule has 4 nitrogen and oxygen atoms in total. The lowest BCUT2D eigenvalue weighted by atomic mass is 9.88. The summed E-state index contributed by atoms with van der Waals surface area (Å²) in [7, 11) is 0. The molecule has 0 saturated heterocycles. The molecular weight excluding hydrogens is 420 g/mol. The van der Waals surface area contributed by atoms with Gasteiger partial charge in [-0.05, 0) is 51.3 Å². The average Bonchev–Trinajstić information content (AvgIpc) is 2.81. The Morgan fingerprint density at radius 2 is 1.32 bits per heavy atom. The summed E-state index contributed by atoms with van der Waals surface area (Å²) in [5, 5.41) is 3.03. The van der Waals surface area contributed by atoms with Gasteiger partial charge in [-0.15, -0.1) is 0 Å². The monoisotopic (exact) mass is 456 g/mol. The second-order valence-electron chi connectivity index (χ2n) is 10.0. The Bertz CT molecular complexity index is 1030. The fourth-order valence-electron chi connectivity index (χ4n) is 4.04. The molecule has 1 atom stereocenters. The third-order valence-electron chi connectivity index (χ3n) is 5.92. The normalized spacial score (nSPS) is 12.3. The zero-order chi connectivity index (χ0) is 24.7. The van der Waals surface area contributed by atoms with Gasteiger partial charge in [-0.2, -0.15) is 0 Å². The van der Waals surface area contributed by atoms with Crippen LogP contribution in [0.5, 0.6) is 0 Å². The maximum atomic E-state index is 13.8. The van der Waals surface area contributed by atoms with Crippen LogP contribution in [-0.4, -0.2) is 28.3 Å². The minimum absolute atomic E-state index is 0.0464. The SMILES string of the molecule is Cc1ccc(CN(C(=O)CC(c2ccccc2)c2ccccc2)[C@@H](C)C(=O)NC(C)(C)C)cc1. The molecule has 0 bridgehead atoms. The summed E-state index contributed by atoms with van der Waals surface area (Å²) in [5.74, 6) is -0.285. The van der Waals surface area contributed by atoms with Crippen LogP contribution in [0.15, 0.2) is 84.9 Å². The number of amides is 2. The largest absolute Gasteiger partial charge is 0.350 e. The lowest BCUT2D eigenvalue weighted by Crippen LogP contribution is -2.52. The van der Waals surface area contributed by atoms with Crippen LogP contribution >= 0.6 is 0 Å². The summed E-state index contributed by atoms with van der Waals surface area (Å²) in [4.78, 5) is 28.6. The zero-order valence-corrected chi connectivity index (χ0v) is 20.9. The quantitative estimate of drug-likeness (QED) is 0.462.